The largest absolute Gasteiger partial charge is 0.393 e. The Morgan fingerprint density at radius 3 is 2.17 bits per heavy atom. The Kier molecular flexibility index (Phi) is 2.38. The Balaban J connectivity index is 2.67. The monoisotopic (exact) mass is 199 g/mol. The lowest BCUT2D eigenvalue weighted by molar-refractivity contribution is -0.170. The molecule has 5 heteroatoms. The summed E-state index contributed by atoms with van der Waals surface area (Å²) >= 11 is 4.16. The van der Waals surface area contributed by atoms with E-state index in [-0.39, 0.29) is 13.0 Å². The van der Waals surface area contributed by atoms with Crippen LogP contribution in [0.3, 0.4) is 0 Å². The molecule has 2 atom stereocenters. The number of likely N-dealkylation sites (tertiary alicyclic amines) is 1. The third-order valence-electron chi connectivity index (χ3n) is 2.41. The zero-order chi connectivity index (χ0) is 9.57. The van der Waals surface area contributed by atoms with E-state index in [1.54, 1.807) is 18.9 Å². The molecule has 1 saturated heterocycles. The van der Waals surface area contributed by atoms with Gasteiger partial charge in [-0.3, -0.25) is 4.90 Å². The minimum absolute atomic E-state index is 0.0590. The Bertz CT molecular complexity index is 178. The second-order valence-electron chi connectivity index (χ2n) is 3.54. The van der Waals surface area contributed by atoms with Crippen LogP contribution in [0, 0.1) is 5.92 Å². The predicted octanol–water partition coefficient (Wildman–Crippen LogP) is 2.15. The number of halogens is 3. The Morgan fingerprint density at radius 1 is 1.50 bits per heavy atom. The lowest BCUT2D eigenvalue weighted by Crippen LogP contribution is -2.31. The zero-order valence-electron chi connectivity index (χ0n) is 7.02. The Labute approximate surface area is 75.3 Å². The average Bonchev–Trinajstić information content (AvgIpc) is 2.06. The molecule has 1 nitrogen and oxygen atoms in total. The van der Waals surface area contributed by atoms with Crippen molar-refractivity contribution >= 4 is 12.6 Å². The second-order valence-corrected chi connectivity index (χ2v) is 4.50. The molecule has 2 unspecified atom stereocenters. The molecular weight excluding hydrogens is 187 g/mol. The molecule has 1 fully saturated rings. The molecule has 0 aromatic rings. The summed E-state index contributed by atoms with van der Waals surface area (Å²) in [5, 5.41) is 0. The van der Waals surface area contributed by atoms with Crippen molar-refractivity contribution in [3.05, 3.63) is 0 Å². The van der Waals surface area contributed by atoms with Crippen LogP contribution < -0.4 is 0 Å². The molecule has 1 aliphatic rings. The van der Waals surface area contributed by atoms with E-state index in [4.69, 9.17) is 0 Å². The molecule has 0 N–H and O–H groups in total. The van der Waals surface area contributed by atoms with Gasteiger partial charge in [0.15, 0.2) is 0 Å². The molecule has 72 valence electrons. The summed E-state index contributed by atoms with van der Waals surface area (Å²) in [6.07, 6.45) is -4.00. The predicted molar refractivity (Wildman–Crippen MR) is 44.2 cm³/mol. The first-order valence-electron chi connectivity index (χ1n) is 3.74. The van der Waals surface area contributed by atoms with Gasteiger partial charge >= 0.3 is 6.18 Å². The standard InChI is InChI=1S/C7H12F3NS/c1-6(12)3-5(4-11(6)2)7(8,9)10/h5,12H,3-4H2,1-2H3. The molecule has 0 aromatic heterocycles. The first kappa shape index (κ1) is 10.2. The molecule has 1 heterocycles. The fraction of sp³-hybridized carbons (Fsp3) is 1.00. The smallest absolute Gasteiger partial charge is 0.292 e. The van der Waals surface area contributed by atoms with Crippen molar-refractivity contribution in [1.29, 1.82) is 0 Å². The number of hydrogen-bond donors (Lipinski definition) is 1. The first-order valence-corrected chi connectivity index (χ1v) is 4.18. The van der Waals surface area contributed by atoms with Crippen molar-refractivity contribution in [2.24, 2.45) is 5.92 Å². The topological polar surface area (TPSA) is 3.24 Å². The van der Waals surface area contributed by atoms with Gasteiger partial charge in [-0.2, -0.15) is 25.8 Å². The molecule has 0 saturated carbocycles. The van der Waals surface area contributed by atoms with Gasteiger partial charge in [0.2, 0.25) is 0 Å². The fourth-order valence-corrected chi connectivity index (χ4v) is 1.74. The van der Waals surface area contributed by atoms with E-state index < -0.39 is 17.0 Å². The van der Waals surface area contributed by atoms with Gasteiger partial charge in [-0.25, -0.2) is 0 Å². The lowest BCUT2D eigenvalue weighted by Gasteiger charge is -2.25. The summed E-state index contributed by atoms with van der Waals surface area (Å²) in [5.74, 6) is -1.22. The van der Waals surface area contributed by atoms with Gasteiger partial charge in [-0.05, 0) is 20.4 Å². The molecule has 12 heavy (non-hydrogen) atoms. The normalized spacial score (nSPS) is 39.0. The summed E-state index contributed by atoms with van der Waals surface area (Å²) in [7, 11) is 1.67. The maximum Gasteiger partial charge on any atom is 0.393 e. The number of thiol groups is 1. The molecule has 0 aromatic carbocycles. The minimum atomic E-state index is -4.07. The minimum Gasteiger partial charge on any atom is -0.292 e. The first-order chi connectivity index (χ1) is 5.23. The molecule has 0 amide bonds. The van der Waals surface area contributed by atoms with E-state index in [0.717, 1.165) is 0 Å². The van der Waals surface area contributed by atoms with Crippen LogP contribution in [0.25, 0.3) is 0 Å². The average molecular weight is 199 g/mol. The van der Waals surface area contributed by atoms with E-state index in [9.17, 15) is 13.2 Å². The molecule has 0 spiro atoms. The number of nitrogens with zero attached hydrogens (tertiary/aromatic N) is 1. The van der Waals surface area contributed by atoms with Crippen molar-refractivity contribution in [2.75, 3.05) is 13.6 Å². The van der Waals surface area contributed by atoms with Crippen LogP contribution in [-0.4, -0.2) is 29.5 Å². The molecular formula is C7H12F3NS. The quantitative estimate of drug-likeness (QED) is 0.585. The number of rotatable bonds is 0. The molecule has 0 radical (unpaired) electrons. The number of alkyl halides is 3. The second kappa shape index (κ2) is 2.80. The van der Waals surface area contributed by atoms with Gasteiger partial charge in [-0.1, -0.05) is 0 Å². The van der Waals surface area contributed by atoms with Gasteiger partial charge in [-0.15, -0.1) is 0 Å². The summed E-state index contributed by atoms with van der Waals surface area (Å²) < 4.78 is 36.7. The zero-order valence-corrected chi connectivity index (χ0v) is 7.91. The summed E-state index contributed by atoms with van der Waals surface area (Å²) in [4.78, 5) is 1.02. The van der Waals surface area contributed by atoms with E-state index in [1.165, 1.54) is 0 Å². The highest BCUT2D eigenvalue weighted by atomic mass is 32.1. The van der Waals surface area contributed by atoms with Crippen LogP contribution in [-0.2, 0) is 0 Å². The lowest BCUT2D eigenvalue weighted by atomic mass is 10.1. The summed E-state index contributed by atoms with van der Waals surface area (Å²) in [5.41, 5.74) is 0. The SMILES string of the molecule is CN1CC(C(F)(F)F)CC1(C)S. The summed E-state index contributed by atoms with van der Waals surface area (Å²) in [6, 6.07) is 0. The Hall–Kier alpha value is 0.100. The van der Waals surface area contributed by atoms with E-state index in [1.807, 2.05) is 0 Å². The van der Waals surface area contributed by atoms with Gasteiger partial charge in [0.05, 0.1) is 10.8 Å². The van der Waals surface area contributed by atoms with Gasteiger partial charge in [0.25, 0.3) is 0 Å². The van der Waals surface area contributed by atoms with E-state index in [0.29, 0.717) is 0 Å². The van der Waals surface area contributed by atoms with Crippen LogP contribution in [0.4, 0.5) is 13.2 Å². The highest BCUT2D eigenvalue weighted by Gasteiger charge is 2.49. The van der Waals surface area contributed by atoms with Crippen LogP contribution in [0.1, 0.15) is 13.3 Å². The van der Waals surface area contributed by atoms with Gasteiger partial charge in [0.1, 0.15) is 0 Å². The van der Waals surface area contributed by atoms with Crippen LogP contribution in [0.2, 0.25) is 0 Å². The highest BCUT2D eigenvalue weighted by molar-refractivity contribution is 7.81. The van der Waals surface area contributed by atoms with E-state index >= 15 is 0 Å². The van der Waals surface area contributed by atoms with Crippen molar-refractivity contribution in [1.82, 2.24) is 4.90 Å². The fourth-order valence-electron chi connectivity index (χ4n) is 1.43. The van der Waals surface area contributed by atoms with Crippen LogP contribution in [0.15, 0.2) is 0 Å². The third-order valence-corrected chi connectivity index (χ3v) is 2.94. The van der Waals surface area contributed by atoms with Gasteiger partial charge in [0, 0.05) is 6.54 Å². The Morgan fingerprint density at radius 2 is 2.00 bits per heavy atom. The van der Waals surface area contributed by atoms with Crippen molar-refractivity contribution < 1.29 is 13.2 Å². The molecule has 0 aliphatic carbocycles. The highest BCUT2D eigenvalue weighted by Crippen LogP contribution is 2.42. The van der Waals surface area contributed by atoms with Crippen LogP contribution in [0.5, 0.6) is 0 Å². The number of hydrogen-bond acceptors (Lipinski definition) is 2. The van der Waals surface area contributed by atoms with Gasteiger partial charge < -0.3 is 0 Å². The summed E-state index contributed by atoms with van der Waals surface area (Å²) in [6.45, 7) is 1.77. The molecule has 1 rings (SSSR count). The maximum absolute atomic E-state index is 12.2. The molecule has 0 bridgehead atoms. The van der Waals surface area contributed by atoms with Crippen molar-refractivity contribution in [3.8, 4) is 0 Å². The maximum atomic E-state index is 12.2. The van der Waals surface area contributed by atoms with Crippen molar-refractivity contribution in [2.45, 2.75) is 24.4 Å². The molecule has 1 aliphatic heterocycles. The van der Waals surface area contributed by atoms with E-state index in [2.05, 4.69) is 12.6 Å². The van der Waals surface area contributed by atoms with Crippen molar-refractivity contribution in [3.63, 3.8) is 0 Å². The van der Waals surface area contributed by atoms with Crippen LogP contribution >= 0.6 is 12.6 Å². The third kappa shape index (κ3) is 1.88.